The summed E-state index contributed by atoms with van der Waals surface area (Å²) in [5.41, 5.74) is 0.0478. The summed E-state index contributed by atoms with van der Waals surface area (Å²) < 4.78 is 46.0. The van der Waals surface area contributed by atoms with Crippen molar-refractivity contribution in [1.29, 1.82) is 0 Å². The first-order valence-electron chi connectivity index (χ1n) is 8.13. The summed E-state index contributed by atoms with van der Waals surface area (Å²) in [4.78, 5) is 8.42. The van der Waals surface area contributed by atoms with Crippen LogP contribution in [0.5, 0.6) is 5.75 Å². The van der Waals surface area contributed by atoms with Gasteiger partial charge in [-0.15, -0.1) is 0 Å². The number of hydrogen-bond acceptors (Lipinski definition) is 5. The molecule has 0 bridgehead atoms. The van der Waals surface area contributed by atoms with Crippen molar-refractivity contribution in [2.45, 2.75) is 32.5 Å². The molecule has 138 valence electrons. The van der Waals surface area contributed by atoms with Crippen molar-refractivity contribution in [3.8, 4) is 5.75 Å². The van der Waals surface area contributed by atoms with E-state index in [-0.39, 0.29) is 18.4 Å². The van der Waals surface area contributed by atoms with E-state index in [4.69, 9.17) is 4.74 Å². The number of aryl methyl sites for hydroxylation is 1. The Morgan fingerprint density at radius 1 is 1.27 bits per heavy atom. The molecule has 0 amide bonds. The smallest absolute Gasteiger partial charge is 0.419 e. The van der Waals surface area contributed by atoms with Crippen LogP contribution in [0.25, 0.3) is 5.78 Å². The van der Waals surface area contributed by atoms with Gasteiger partial charge in [-0.3, -0.25) is 0 Å². The molecule has 3 rings (SSSR count). The third kappa shape index (κ3) is 3.87. The van der Waals surface area contributed by atoms with E-state index in [1.54, 1.807) is 4.52 Å². The number of halogens is 3. The van der Waals surface area contributed by atoms with Crippen LogP contribution in [-0.4, -0.2) is 32.2 Å². The monoisotopic (exact) mass is 365 g/mol. The minimum Gasteiger partial charge on any atom is -0.491 e. The molecular weight excluding hydrogens is 347 g/mol. The van der Waals surface area contributed by atoms with Crippen molar-refractivity contribution in [3.05, 3.63) is 47.9 Å². The summed E-state index contributed by atoms with van der Waals surface area (Å²) in [6, 6.07) is 6.73. The molecule has 2 heterocycles. The van der Waals surface area contributed by atoms with Gasteiger partial charge in [-0.2, -0.15) is 27.8 Å². The van der Waals surface area contributed by atoms with E-state index in [2.05, 4.69) is 20.4 Å². The number of aromatic nitrogens is 4. The van der Waals surface area contributed by atoms with Crippen LogP contribution in [0.15, 0.2) is 36.7 Å². The van der Waals surface area contributed by atoms with Crippen LogP contribution in [0, 0.1) is 0 Å². The highest BCUT2D eigenvalue weighted by molar-refractivity contribution is 5.45. The first-order valence-corrected chi connectivity index (χ1v) is 8.13. The van der Waals surface area contributed by atoms with Gasteiger partial charge in [0.15, 0.2) is 0 Å². The Morgan fingerprint density at radius 2 is 2.04 bits per heavy atom. The topological polar surface area (TPSA) is 64.3 Å². The molecule has 0 fully saturated rings. The summed E-state index contributed by atoms with van der Waals surface area (Å²) in [5, 5.41) is 7.29. The van der Waals surface area contributed by atoms with Gasteiger partial charge >= 0.3 is 6.18 Å². The number of hydrogen-bond donors (Lipinski definition) is 1. The molecule has 2 aromatic heterocycles. The van der Waals surface area contributed by atoms with Gasteiger partial charge in [0.25, 0.3) is 5.78 Å². The minimum atomic E-state index is -4.46. The zero-order valence-electron chi connectivity index (χ0n) is 14.3. The average Bonchev–Trinajstić information content (AvgIpc) is 3.08. The van der Waals surface area contributed by atoms with Gasteiger partial charge in [0, 0.05) is 11.8 Å². The maximum absolute atomic E-state index is 13.0. The van der Waals surface area contributed by atoms with Crippen LogP contribution in [0.4, 0.5) is 19.0 Å². The van der Waals surface area contributed by atoms with Crippen LogP contribution < -0.4 is 10.1 Å². The number of anilines is 1. The fraction of sp³-hybridized carbons (Fsp3) is 0.353. The lowest BCUT2D eigenvalue weighted by Crippen LogP contribution is -2.25. The van der Waals surface area contributed by atoms with Crippen molar-refractivity contribution in [3.63, 3.8) is 0 Å². The normalized spacial score (nSPS) is 13.0. The average molecular weight is 365 g/mol. The number of nitrogens with zero attached hydrogens (tertiary/aromatic N) is 4. The Bertz CT molecular complexity index is 893. The Balaban J connectivity index is 1.73. The molecule has 0 aliphatic carbocycles. The van der Waals surface area contributed by atoms with Gasteiger partial charge in [-0.25, -0.2) is 4.98 Å². The quantitative estimate of drug-likeness (QED) is 0.723. The van der Waals surface area contributed by atoms with E-state index in [1.165, 1.54) is 24.5 Å². The van der Waals surface area contributed by atoms with Crippen molar-refractivity contribution in [1.82, 2.24) is 19.6 Å². The van der Waals surface area contributed by atoms with Crippen LogP contribution in [0.1, 0.15) is 25.1 Å². The molecule has 0 saturated carbocycles. The van der Waals surface area contributed by atoms with Crippen LogP contribution in [0.2, 0.25) is 0 Å². The van der Waals surface area contributed by atoms with Crippen molar-refractivity contribution in [2.75, 3.05) is 11.9 Å². The van der Waals surface area contributed by atoms with Gasteiger partial charge in [-0.1, -0.05) is 19.1 Å². The summed E-state index contributed by atoms with van der Waals surface area (Å²) in [7, 11) is 0. The first kappa shape index (κ1) is 18.0. The van der Waals surface area contributed by atoms with Crippen LogP contribution in [0.3, 0.4) is 0 Å². The Morgan fingerprint density at radius 3 is 2.77 bits per heavy atom. The second-order valence-corrected chi connectivity index (χ2v) is 5.81. The van der Waals surface area contributed by atoms with Crippen LogP contribution in [-0.2, 0) is 12.6 Å². The lowest BCUT2D eigenvalue weighted by Gasteiger charge is -2.19. The molecule has 0 aliphatic heterocycles. The molecule has 0 radical (unpaired) electrons. The molecule has 9 heteroatoms. The Kier molecular flexibility index (Phi) is 4.97. The van der Waals surface area contributed by atoms with Gasteiger partial charge in [-0.05, 0) is 25.5 Å². The highest BCUT2D eigenvalue weighted by atomic mass is 19.4. The SMILES string of the molecule is CCc1cc(NC(C)COc2ccccc2C(F)(F)F)n2ncnc2n1. The van der Waals surface area contributed by atoms with Gasteiger partial charge < -0.3 is 10.1 Å². The zero-order chi connectivity index (χ0) is 18.7. The largest absolute Gasteiger partial charge is 0.491 e. The Labute approximate surface area is 148 Å². The maximum atomic E-state index is 13.0. The number of para-hydroxylation sites is 1. The summed E-state index contributed by atoms with van der Waals surface area (Å²) in [6.07, 6.45) is -2.34. The highest BCUT2D eigenvalue weighted by Gasteiger charge is 2.34. The first-order chi connectivity index (χ1) is 12.4. The lowest BCUT2D eigenvalue weighted by molar-refractivity contribution is -0.139. The van der Waals surface area contributed by atoms with E-state index >= 15 is 0 Å². The van der Waals surface area contributed by atoms with Crippen molar-refractivity contribution >= 4 is 11.6 Å². The molecule has 1 unspecified atom stereocenters. The predicted octanol–water partition coefficient (Wildman–Crippen LogP) is 3.58. The van der Waals surface area contributed by atoms with Crippen LogP contribution >= 0.6 is 0 Å². The predicted molar refractivity (Wildman–Crippen MR) is 90.2 cm³/mol. The van der Waals surface area contributed by atoms with Gasteiger partial charge in [0.05, 0.1) is 11.6 Å². The molecule has 6 nitrogen and oxygen atoms in total. The third-order valence-electron chi connectivity index (χ3n) is 3.74. The number of nitrogens with one attached hydrogen (secondary N) is 1. The summed E-state index contributed by atoms with van der Waals surface area (Å²) in [5.74, 6) is 0.926. The van der Waals surface area contributed by atoms with Crippen molar-refractivity contribution < 1.29 is 17.9 Å². The molecular formula is C17H18F3N5O. The molecule has 0 aliphatic rings. The van der Waals surface area contributed by atoms with E-state index in [1.807, 2.05) is 19.9 Å². The zero-order valence-corrected chi connectivity index (χ0v) is 14.3. The number of fused-ring (bicyclic) bond motifs is 1. The van der Waals surface area contributed by atoms with E-state index in [0.29, 0.717) is 11.6 Å². The fourth-order valence-electron chi connectivity index (χ4n) is 2.48. The van der Waals surface area contributed by atoms with Gasteiger partial charge in [0.2, 0.25) is 0 Å². The second kappa shape index (κ2) is 7.19. The highest BCUT2D eigenvalue weighted by Crippen LogP contribution is 2.35. The van der Waals surface area contributed by atoms with Gasteiger partial charge in [0.1, 0.15) is 24.5 Å². The van der Waals surface area contributed by atoms with E-state index < -0.39 is 11.7 Å². The molecule has 1 N–H and O–H groups in total. The molecule has 3 aromatic rings. The molecule has 26 heavy (non-hydrogen) atoms. The maximum Gasteiger partial charge on any atom is 0.419 e. The second-order valence-electron chi connectivity index (χ2n) is 5.81. The molecule has 0 saturated heterocycles. The van der Waals surface area contributed by atoms with E-state index in [0.717, 1.165) is 18.2 Å². The fourth-order valence-corrected chi connectivity index (χ4v) is 2.48. The molecule has 1 atom stereocenters. The summed E-state index contributed by atoms with van der Waals surface area (Å²) >= 11 is 0. The van der Waals surface area contributed by atoms with Crippen molar-refractivity contribution in [2.24, 2.45) is 0 Å². The summed E-state index contributed by atoms with van der Waals surface area (Å²) in [6.45, 7) is 3.83. The number of benzene rings is 1. The van der Waals surface area contributed by atoms with E-state index in [9.17, 15) is 13.2 Å². The number of rotatable bonds is 6. The molecule has 0 spiro atoms. The molecule has 1 aromatic carbocycles. The number of ether oxygens (including phenoxy) is 1. The minimum absolute atomic E-state index is 0.0487. The standard InChI is InChI=1S/C17H18F3N5O/c1-3-12-8-15(25-16(24-12)21-10-22-25)23-11(2)9-26-14-7-5-4-6-13(14)17(18,19)20/h4-8,10-11,23H,3,9H2,1-2H3. The lowest BCUT2D eigenvalue weighted by atomic mass is 10.2. The third-order valence-corrected chi connectivity index (χ3v) is 3.74. The number of alkyl halides is 3. The Hall–Kier alpha value is -2.84.